The number of fused-ring (bicyclic) bond motifs is 2. The lowest BCUT2D eigenvalue weighted by atomic mass is 9.76. The van der Waals surface area contributed by atoms with Gasteiger partial charge in [-0.15, -0.1) is 0 Å². The van der Waals surface area contributed by atoms with Crippen molar-refractivity contribution >= 4 is 5.91 Å². The first-order valence-corrected chi connectivity index (χ1v) is 6.83. The fourth-order valence-electron chi connectivity index (χ4n) is 5.29. The summed E-state index contributed by atoms with van der Waals surface area (Å²) < 4.78 is 6.21. The number of aliphatic hydroxyl groups excluding tert-OH is 1. The minimum atomic E-state index is -0.405. The van der Waals surface area contributed by atoms with Gasteiger partial charge in [0.05, 0.1) is 18.1 Å². The Morgan fingerprint density at radius 2 is 2.24 bits per heavy atom. The quantitative estimate of drug-likeness (QED) is 0.765. The van der Waals surface area contributed by atoms with Crippen LogP contribution in [-0.2, 0) is 9.53 Å². The summed E-state index contributed by atoms with van der Waals surface area (Å²) in [6.45, 7) is 4.85. The van der Waals surface area contributed by atoms with Gasteiger partial charge in [0.25, 0.3) is 0 Å². The maximum absolute atomic E-state index is 12.5. The van der Waals surface area contributed by atoms with Crippen LogP contribution in [0.4, 0.5) is 0 Å². The second-order valence-electron chi connectivity index (χ2n) is 5.97. The van der Waals surface area contributed by atoms with Crippen LogP contribution in [0, 0.1) is 23.7 Å². The molecule has 4 heteroatoms. The molecule has 0 aromatic carbocycles. The summed E-state index contributed by atoms with van der Waals surface area (Å²) in [5, 5.41) is 10.2. The molecule has 94 valence electrons. The second kappa shape index (κ2) is 2.86. The van der Waals surface area contributed by atoms with Gasteiger partial charge in [-0.2, -0.15) is 0 Å². The van der Waals surface area contributed by atoms with Crippen molar-refractivity contribution in [1.82, 2.24) is 4.90 Å². The first kappa shape index (κ1) is 10.3. The molecule has 4 rings (SSSR count). The third-order valence-corrected chi connectivity index (χ3v) is 5.74. The Morgan fingerprint density at radius 1 is 1.47 bits per heavy atom. The van der Waals surface area contributed by atoms with Gasteiger partial charge in [-0.25, -0.2) is 0 Å². The van der Waals surface area contributed by atoms with Gasteiger partial charge < -0.3 is 14.7 Å². The lowest BCUT2D eigenvalue weighted by Crippen LogP contribution is -2.50. The number of nitrogens with zero attached hydrogens (tertiary/aromatic N) is 1. The van der Waals surface area contributed by atoms with E-state index in [4.69, 9.17) is 4.74 Å². The zero-order chi connectivity index (χ0) is 11.9. The third-order valence-electron chi connectivity index (χ3n) is 5.74. The van der Waals surface area contributed by atoms with Gasteiger partial charge in [0.2, 0.25) is 5.91 Å². The largest absolute Gasteiger partial charge is 0.390 e. The van der Waals surface area contributed by atoms with Crippen LogP contribution in [0.25, 0.3) is 0 Å². The van der Waals surface area contributed by atoms with Crippen molar-refractivity contribution in [2.75, 3.05) is 6.54 Å². The molecule has 17 heavy (non-hydrogen) atoms. The first-order valence-electron chi connectivity index (χ1n) is 6.83. The summed E-state index contributed by atoms with van der Waals surface area (Å²) in [6, 6.07) is 0. The number of likely N-dealkylation sites (tertiary alicyclic amines) is 1. The van der Waals surface area contributed by atoms with Gasteiger partial charge in [0.15, 0.2) is 0 Å². The average Bonchev–Trinajstić information content (AvgIpc) is 2.95. The van der Waals surface area contributed by atoms with Crippen LogP contribution in [0.15, 0.2) is 0 Å². The molecular formula is C13H19NO3. The molecule has 2 heterocycles. The monoisotopic (exact) mass is 237 g/mol. The predicted octanol–water partition coefficient (Wildman–Crippen LogP) is 0.597. The minimum absolute atomic E-state index is 0.0108. The fourth-order valence-corrected chi connectivity index (χ4v) is 5.29. The summed E-state index contributed by atoms with van der Waals surface area (Å²) in [6.07, 6.45) is 1.42. The SMILES string of the molecule is CCN1C(=O)[C@@H]2[C@H]3C[C@H]4[C@H](O[C@]1(CC)[C@H]42)[C@H]3O. The molecule has 0 aromatic rings. The lowest BCUT2D eigenvalue weighted by molar-refractivity contribution is -0.178. The Labute approximate surface area is 101 Å². The molecule has 2 bridgehead atoms. The highest BCUT2D eigenvalue weighted by molar-refractivity contribution is 5.84. The molecule has 4 aliphatic rings. The lowest BCUT2D eigenvalue weighted by Gasteiger charge is -2.37. The molecule has 2 aliphatic carbocycles. The maximum atomic E-state index is 12.5. The molecule has 0 spiro atoms. The molecule has 4 nitrogen and oxygen atoms in total. The number of aliphatic hydroxyl groups is 1. The number of hydrogen-bond donors (Lipinski definition) is 1. The highest BCUT2D eigenvalue weighted by Crippen LogP contribution is 2.68. The average molecular weight is 237 g/mol. The molecule has 7 atom stereocenters. The van der Waals surface area contributed by atoms with E-state index in [1.807, 2.05) is 11.8 Å². The van der Waals surface area contributed by atoms with Crippen LogP contribution in [-0.4, -0.2) is 40.4 Å². The van der Waals surface area contributed by atoms with Crippen LogP contribution in [0.5, 0.6) is 0 Å². The van der Waals surface area contributed by atoms with E-state index in [1.165, 1.54) is 0 Å². The van der Waals surface area contributed by atoms with Crippen molar-refractivity contribution < 1.29 is 14.6 Å². The summed E-state index contributed by atoms with van der Waals surface area (Å²) in [4.78, 5) is 14.4. The number of amides is 1. The molecule has 0 radical (unpaired) electrons. The highest BCUT2D eigenvalue weighted by atomic mass is 16.6. The molecule has 1 N–H and O–H groups in total. The molecule has 2 saturated carbocycles. The Kier molecular flexibility index (Phi) is 1.74. The number of carbonyl (C=O) groups is 1. The minimum Gasteiger partial charge on any atom is -0.390 e. The van der Waals surface area contributed by atoms with Crippen LogP contribution in [0.3, 0.4) is 0 Å². The van der Waals surface area contributed by atoms with E-state index in [1.54, 1.807) is 0 Å². The van der Waals surface area contributed by atoms with Gasteiger partial charge in [-0.05, 0) is 31.6 Å². The normalized spacial score (nSPS) is 58.5. The van der Waals surface area contributed by atoms with Crippen LogP contribution >= 0.6 is 0 Å². The zero-order valence-electron chi connectivity index (χ0n) is 10.3. The van der Waals surface area contributed by atoms with Crippen LogP contribution in [0.1, 0.15) is 26.7 Å². The molecule has 1 amide bonds. The van der Waals surface area contributed by atoms with Crippen LogP contribution < -0.4 is 0 Å². The van der Waals surface area contributed by atoms with Crippen LogP contribution in [0.2, 0.25) is 0 Å². The van der Waals surface area contributed by atoms with E-state index < -0.39 is 11.8 Å². The smallest absolute Gasteiger partial charge is 0.228 e. The molecular weight excluding hydrogens is 218 g/mol. The number of hydrogen-bond acceptors (Lipinski definition) is 3. The topological polar surface area (TPSA) is 49.8 Å². The Bertz CT molecular complexity index is 398. The van der Waals surface area contributed by atoms with E-state index in [2.05, 4.69) is 6.92 Å². The van der Waals surface area contributed by atoms with Crippen molar-refractivity contribution in [2.45, 2.75) is 44.6 Å². The highest BCUT2D eigenvalue weighted by Gasteiger charge is 2.77. The number of rotatable bonds is 2. The number of ether oxygens (including phenoxy) is 1. The second-order valence-corrected chi connectivity index (χ2v) is 5.97. The predicted molar refractivity (Wildman–Crippen MR) is 59.9 cm³/mol. The molecule has 2 aliphatic heterocycles. The van der Waals surface area contributed by atoms with Gasteiger partial charge in [-0.1, -0.05) is 6.92 Å². The van der Waals surface area contributed by atoms with E-state index in [9.17, 15) is 9.90 Å². The Balaban J connectivity index is 1.88. The third kappa shape index (κ3) is 0.838. The molecule has 0 aromatic heterocycles. The molecule has 4 fully saturated rings. The standard InChI is InChI=1S/C13H19NO3/c1-3-13-9-7-5-6(10(15)11(7)17-13)8(9)12(16)14(13)4-2/h6-11,15H,3-5H2,1-2H3/t6-,7-,8-,9-,10+,11+,13-/m1/s1. The van der Waals surface area contributed by atoms with Crippen molar-refractivity contribution in [3.63, 3.8) is 0 Å². The van der Waals surface area contributed by atoms with Gasteiger partial charge >= 0.3 is 0 Å². The van der Waals surface area contributed by atoms with Gasteiger partial charge in [0, 0.05) is 12.5 Å². The molecule has 0 unspecified atom stereocenters. The first-order chi connectivity index (χ1) is 8.15. The summed E-state index contributed by atoms with van der Waals surface area (Å²) in [5.74, 6) is 1.18. The van der Waals surface area contributed by atoms with Gasteiger partial charge in [-0.3, -0.25) is 4.79 Å². The van der Waals surface area contributed by atoms with Crippen molar-refractivity contribution in [2.24, 2.45) is 23.7 Å². The van der Waals surface area contributed by atoms with Crippen molar-refractivity contribution in [3.8, 4) is 0 Å². The van der Waals surface area contributed by atoms with Crippen molar-refractivity contribution in [3.05, 3.63) is 0 Å². The maximum Gasteiger partial charge on any atom is 0.228 e. The summed E-state index contributed by atoms with van der Waals surface area (Å²) in [7, 11) is 0. The fraction of sp³-hybridized carbons (Fsp3) is 0.923. The van der Waals surface area contributed by atoms with E-state index in [-0.39, 0.29) is 23.8 Å². The summed E-state index contributed by atoms with van der Waals surface area (Å²) >= 11 is 0. The van der Waals surface area contributed by atoms with Gasteiger partial charge in [0.1, 0.15) is 5.72 Å². The van der Waals surface area contributed by atoms with E-state index in [0.29, 0.717) is 11.8 Å². The van der Waals surface area contributed by atoms with E-state index >= 15 is 0 Å². The van der Waals surface area contributed by atoms with Crippen molar-refractivity contribution in [1.29, 1.82) is 0 Å². The summed E-state index contributed by atoms with van der Waals surface area (Å²) in [5.41, 5.74) is -0.391. The van der Waals surface area contributed by atoms with E-state index in [0.717, 1.165) is 19.4 Å². The number of carbonyl (C=O) groups excluding carboxylic acids is 1. The Morgan fingerprint density at radius 3 is 2.88 bits per heavy atom. The zero-order valence-corrected chi connectivity index (χ0v) is 10.3. The Hall–Kier alpha value is -0.610. The molecule has 2 saturated heterocycles.